The van der Waals surface area contributed by atoms with Gasteiger partial charge in [0.25, 0.3) is 0 Å². The number of allylic oxidation sites excluding steroid dienone is 2. The van der Waals surface area contributed by atoms with Gasteiger partial charge in [0.2, 0.25) is 0 Å². The van der Waals surface area contributed by atoms with E-state index in [1.807, 2.05) is 13.8 Å². The van der Waals surface area contributed by atoms with Gasteiger partial charge in [-0.1, -0.05) is 65.5 Å². The summed E-state index contributed by atoms with van der Waals surface area (Å²) in [6.45, 7) is 20.5. The number of hydrogen-bond donors (Lipinski definition) is 0. The number of rotatable bonds is 8. The van der Waals surface area contributed by atoms with Gasteiger partial charge in [-0.25, -0.2) is 9.67 Å². The van der Waals surface area contributed by atoms with Gasteiger partial charge in [0, 0.05) is 5.92 Å². The number of carbonyl (C=O) groups excluding carboxylic acids is 1. The molecule has 10 atom stereocenters. The van der Waals surface area contributed by atoms with Crippen molar-refractivity contribution in [2.45, 2.75) is 138 Å². The summed E-state index contributed by atoms with van der Waals surface area (Å²) in [5.41, 5.74) is 2.28. The minimum Gasteiger partial charge on any atom is -0.377 e. The number of fused-ring (bicyclic) bond motifs is 7. The molecule has 0 unspecified atom stereocenters. The van der Waals surface area contributed by atoms with Crippen LogP contribution in [0.4, 0.5) is 0 Å². The lowest BCUT2D eigenvalue weighted by Gasteiger charge is -2.58. The molecule has 0 N–H and O–H groups in total. The standard InChI is InChI=1S/C43H71N3O6/c1-29(2)9-8-10-30(3)36-13-14-37-35-12-11-34-27-33(15-17-42(34,6)38(35)16-18-43(36,37)7)39(47)28-46-41-32(5)52-26-24-50-22-20-48-19-21-49-23-25-51-31(4)40(44-41)45-46/h11,29-33,35-38H,8-10,12-28H2,1-7H3/t30-,31+,32+,33+,35+,36-,37+,38+,42+,43-/m1/s1. The first-order chi connectivity index (χ1) is 25.0. The summed E-state index contributed by atoms with van der Waals surface area (Å²) < 4.78 is 30.8. The lowest BCUT2D eigenvalue weighted by molar-refractivity contribution is -0.125. The molecule has 1 aliphatic heterocycles. The van der Waals surface area contributed by atoms with Crippen LogP contribution in [0, 0.1) is 52.3 Å². The molecule has 5 aliphatic rings. The Bertz CT molecular complexity index is 1350. The second kappa shape index (κ2) is 17.9. The fourth-order valence-electron chi connectivity index (χ4n) is 11.5. The van der Waals surface area contributed by atoms with Crippen molar-refractivity contribution < 1.29 is 28.5 Å². The first kappa shape index (κ1) is 40.0. The van der Waals surface area contributed by atoms with Gasteiger partial charge in [-0.15, -0.1) is 0 Å². The lowest BCUT2D eigenvalue weighted by atomic mass is 9.46. The van der Waals surface area contributed by atoms with Gasteiger partial charge in [-0.3, -0.25) is 4.79 Å². The molecule has 1 aromatic rings. The highest BCUT2D eigenvalue weighted by Crippen LogP contribution is 2.67. The first-order valence-corrected chi connectivity index (χ1v) is 21.1. The molecule has 294 valence electrons. The molecule has 2 bridgehead atoms. The third-order valence-electron chi connectivity index (χ3n) is 14.4. The third kappa shape index (κ3) is 8.90. The van der Waals surface area contributed by atoms with E-state index in [2.05, 4.69) is 40.7 Å². The Morgan fingerprint density at radius 2 is 1.52 bits per heavy atom. The number of hydrogen-bond acceptors (Lipinski definition) is 8. The van der Waals surface area contributed by atoms with Gasteiger partial charge < -0.3 is 23.7 Å². The molecule has 6 rings (SSSR count). The maximum absolute atomic E-state index is 14.1. The molecule has 3 saturated carbocycles. The van der Waals surface area contributed by atoms with E-state index < -0.39 is 0 Å². The van der Waals surface area contributed by atoms with Crippen LogP contribution in [0.1, 0.15) is 143 Å². The van der Waals surface area contributed by atoms with Crippen LogP contribution in [-0.4, -0.2) is 73.4 Å². The van der Waals surface area contributed by atoms with Crippen molar-refractivity contribution in [2.24, 2.45) is 52.3 Å². The summed E-state index contributed by atoms with van der Waals surface area (Å²) in [4.78, 5) is 19.0. The SMILES string of the molecule is CC(C)CCC[C@@H](C)[C@H]1CC[C@H]2[C@@H]3CC=C4C[C@@H](C(=O)Cn5nc6nc5[C@H](C)OCCOCCOCCOCCO[C@H]6C)CC[C@]4(C)[C@H]3CC[C@]12C. The van der Waals surface area contributed by atoms with E-state index in [1.54, 1.807) is 10.3 Å². The number of ether oxygens (including phenoxy) is 5. The van der Waals surface area contributed by atoms with E-state index in [-0.39, 0.29) is 35.9 Å². The molecule has 52 heavy (non-hydrogen) atoms. The summed E-state index contributed by atoms with van der Waals surface area (Å²) in [5.74, 6) is 6.42. The minimum atomic E-state index is -0.342. The van der Waals surface area contributed by atoms with E-state index >= 15 is 0 Å². The van der Waals surface area contributed by atoms with Gasteiger partial charge >= 0.3 is 0 Å². The average molecular weight is 726 g/mol. The van der Waals surface area contributed by atoms with Crippen molar-refractivity contribution in [3.63, 3.8) is 0 Å². The Morgan fingerprint density at radius 3 is 2.21 bits per heavy atom. The van der Waals surface area contributed by atoms with E-state index in [1.165, 1.54) is 51.4 Å². The fraction of sp³-hybridized carbons (Fsp3) is 0.884. The quantitative estimate of drug-likeness (QED) is 0.246. The Morgan fingerprint density at radius 1 is 0.846 bits per heavy atom. The molecular weight excluding hydrogens is 654 g/mol. The van der Waals surface area contributed by atoms with Crippen molar-refractivity contribution in [2.75, 3.05) is 52.9 Å². The third-order valence-corrected chi connectivity index (χ3v) is 14.4. The van der Waals surface area contributed by atoms with Crippen LogP contribution in [-0.2, 0) is 35.0 Å². The summed E-state index contributed by atoms with van der Waals surface area (Å²) in [6.07, 6.45) is 15.8. The number of aromatic nitrogens is 3. The van der Waals surface area contributed by atoms with E-state index in [4.69, 9.17) is 33.8 Å². The predicted molar refractivity (Wildman–Crippen MR) is 203 cm³/mol. The second-order valence-corrected chi connectivity index (χ2v) is 18.0. The molecule has 0 spiro atoms. The average Bonchev–Trinajstić information content (AvgIpc) is 3.70. The zero-order valence-corrected chi connectivity index (χ0v) is 33.7. The molecule has 0 saturated heterocycles. The molecule has 3 fully saturated rings. The number of carbonyl (C=O) groups is 1. The van der Waals surface area contributed by atoms with Gasteiger partial charge in [0.05, 0.1) is 52.9 Å². The van der Waals surface area contributed by atoms with Crippen molar-refractivity contribution in [1.82, 2.24) is 14.8 Å². The maximum atomic E-state index is 14.1. The zero-order chi connectivity index (χ0) is 36.9. The van der Waals surface area contributed by atoms with Crippen LogP contribution < -0.4 is 0 Å². The minimum absolute atomic E-state index is 0.0138. The van der Waals surface area contributed by atoms with Crippen LogP contribution in [0.25, 0.3) is 0 Å². The predicted octanol–water partition coefficient (Wildman–Crippen LogP) is 8.72. The van der Waals surface area contributed by atoms with Gasteiger partial charge in [0.1, 0.15) is 18.8 Å². The highest BCUT2D eigenvalue weighted by atomic mass is 16.6. The highest BCUT2D eigenvalue weighted by Gasteiger charge is 2.59. The van der Waals surface area contributed by atoms with Crippen molar-refractivity contribution in [3.05, 3.63) is 23.3 Å². The van der Waals surface area contributed by atoms with E-state index in [0.29, 0.717) is 69.9 Å². The fourth-order valence-corrected chi connectivity index (χ4v) is 11.5. The number of ketones is 1. The van der Waals surface area contributed by atoms with Crippen molar-refractivity contribution in [1.29, 1.82) is 0 Å². The Labute approximate surface area is 314 Å². The molecular formula is C43H71N3O6. The Kier molecular flexibility index (Phi) is 13.8. The zero-order valence-electron chi connectivity index (χ0n) is 33.7. The summed E-state index contributed by atoms with van der Waals surface area (Å²) in [6, 6.07) is 0. The van der Waals surface area contributed by atoms with Gasteiger partial charge in [-0.05, 0) is 112 Å². The highest BCUT2D eigenvalue weighted by molar-refractivity contribution is 5.81. The molecule has 9 heteroatoms. The summed E-state index contributed by atoms with van der Waals surface area (Å²) in [7, 11) is 0. The molecule has 1 aromatic heterocycles. The largest absolute Gasteiger partial charge is 0.377 e. The van der Waals surface area contributed by atoms with Crippen LogP contribution in [0.3, 0.4) is 0 Å². The maximum Gasteiger partial charge on any atom is 0.179 e. The monoisotopic (exact) mass is 726 g/mol. The molecule has 9 nitrogen and oxygen atoms in total. The van der Waals surface area contributed by atoms with Crippen molar-refractivity contribution >= 4 is 5.78 Å². The molecule has 0 aromatic carbocycles. The topological polar surface area (TPSA) is 93.9 Å². The lowest BCUT2D eigenvalue weighted by Crippen LogP contribution is -2.50. The van der Waals surface area contributed by atoms with Crippen LogP contribution in [0.5, 0.6) is 0 Å². The van der Waals surface area contributed by atoms with E-state index in [9.17, 15) is 4.79 Å². The Hall–Kier alpha value is -1.65. The molecule has 2 heterocycles. The Balaban J connectivity index is 1.10. The second-order valence-electron chi connectivity index (χ2n) is 18.0. The molecule has 0 amide bonds. The summed E-state index contributed by atoms with van der Waals surface area (Å²) >= 11 is 0. The summed E-state index contributed by atoms with van der Waals surface area (Å²) in [5, 5.41) is 4.84. The van der Waals surface area contributed by atoms with Gasteiger partial charge in [0.15, 0.2) is 17.4 Å². The first-order valence-electron chi connectivity index (χ1n) is 21.1. The van der Waals surface area contributed by atoms with Crippen molar-refractivity contribution in [3.8, 4) is 0 Å². The van der Waals surface area contributed by atoms with Crippen LogP contribution in [0.15, 0.2) is 11.6 Å². The molecule has 4 aliphatic carbocycles. The smallest absolute Gasteiger partial charge is 0.179 e. The normalized spacial score (nSPS) is 37.2. The number of nitrogens with zero attached hydrogens (tertiary/aromatic N) is 3. The van der Waals surface area contributed by atoms with E-state index in [0.717, 1.165) is 54.8 Å². The van der Waals surface area contributed by atoms with Crippen LogP contribution >= 0.6 is 0 Å². The number of Topliss-reactive ketones (excluding diaryl/α,β-unsaturated/α-hetero) is 1. The van der Waals surface area contributed by atoms with Crippen LogP contribution in [0.2, 0.25) is 0 Å². The van der Waals surface area contributed by atoms with Gasteiger partial charge in [-0.2, -0.15) is 5.10 Å². The molecule has 0 radical (unpaired) electrons.